The maximum absolute atomic E-state index is 12.4. The van der Waals surface area contributed by atoms with Crippen LogP contribution in [-0.4, -0.2) is 28.5 Å². The van der Waals surface area contributed by atoms with E-state index < -0.39 is 0 Å². The van der Waals surface area contributed by atoms with Crippen molar-refractivity contribution in [2.45, 2.75) is 25.8 Å². The first kappa shape index (κ1) is 14.3. The summed E-state index contributed by atoms with van der Waals surface area (Å²) >= 11 is 3.43. The first-order valence-corrected chi connectivity index (χ1v) is 7.78. The summed E-state index contributed by atoms with van der Waals surface area (Å²) in [5.74, 6) is 0.0513. The molecule has 7 heteroatoms. The maximum atomic E-state index is 12.4. The molecule has 0 saturated carbocycles. The van der Waals surface area contributed by atoms with Crippen molar-refractivity contribution < 1.29 is 4.79 Å². The second kappa shape index (κ2) is 5.65. The van der Waals surface area contributed by atoms with E-state index in [0.717, 1.165) is 23.9 Å². The molecule has 1 saturated heterocycles. The lowest BCUT2D eigenvalue weighted by Crippen LogP contribution is -2.40. The van der Waals surface area contributed by atoms with E-state index in [1.165, 1.54) is 0 Å². The van der Waals surface area contributed by atoms with Gasteiger partial charge in [0.1, 0.15) is 0 Å². The number of halogens is 1. The standard InChI is InChI=1S/C14H17BrN4O2/c1-7-4-8(2-3-16-7)13(20)17-10-6-12-11(5-9(10)15)18-14(21)19-12/h5-8,16H,2-4H2,1H3,(H,17,20)(H2,18,19,21). The summed E-state index contributed by atoms with van der Waals surface area (Å²) in [5.41, 5.74) is 1.80. The number of hydrogen-bond acceptors (Lipinski definition) is 3. The Morgan fingerprint density at radius 2 is 2.05 bits per heavy atom. The molecular formula is C14H17BrN4O2. The van der Waals surface area contributed by atoms with E-state index in [0.29, 0.717) is 22.8 Å². The summed E-state index contributed by atoms with van der Waals surface area (Å²) in [7, 11) is 0. The van der Waals surface area contributed by atoms with Crippen LogP contribution in [-0.2, 0) is 4.79 Å². The van der Waals surface area contributed by atoms with Gasteiger partial charge in [-0.2, -0.15) is 0 Å². The highest BCUT2D eigenvalue weighted by molar-refractivity contribution is 9.10. The zero-order valence-corrected chi connectivity index (χ0v) is 13.2. The van der Waals surface area contributed by atoms with Crippen molar-refractivity contribution >= 4 is 38.6 Å². The second-order valence-electron chi connectivity index (χ2n) is 5.52. The van der Waals surface area contributed by atoms with E-state index in [2.05, 4.69) is 43.5 Å². The topological polar surface area (TPSA) is 89.8 Å². The number of nitrogens with one attached hydrogen (secondary N) is 4. The number of fused-ring (bicyclic) bond motifs is 1. The van der Waals surface area contributed by atoms with Gasteiger partial charge in [-0.05, 0) is 54.4 Å². The van der Waals surface area contributed by atoms with Crippen LogP contribution in [0.25, 0.3) is 11.0 Å². The molecule has 1 fully saturated rings. The monoisotopic (exact) mass is 352 g/mol. The summed E-state index contributed by atoms with van der Waals surface area (Å²) in [6.45, 7) is 2.95. The van der Waals surface area contributed by atoms with Crippen molar-refractivity contribution in [3.63, 3.8) is 0 Å². The smallest absolute Gasteiger partial charge is 0.323 e. The fourth-order valence-corrected chi connectivity index (χ4v) is 3.20. The second-order valence-corrected chi connectivity index (χ2v) is 6.38. The highest BCUT2D eigenvalue weighted by atomic mass is 79.9. The fraction of sp³-hybridized carbons (Fsp3) is 0.429. The Balaban J connectivity index is 1.82. The number of carbonyl (C=O) groups is 1. The van der Waals surface area contributed by atoms with Crippen LogP contribution < -0.4 is 16.3 Å². The molecule has 0 radical (unpaired) electrons. The van der Waals surface area contributed by atoms with Gasteiger partial charge in [-0.3, -0.25) is 4.79 Å². The van der Waals surface area contributed by atoms with Crippen LogP contribution in [0.3, 0.4) is 0 Å². The Hall–Kier alpha value is -1.60. The number of aromatic nitrogens is 2. The average Bonchev–Trinajstić information content (AvgIpc) is 2.78. The third-order valence-corrected chi connectivity index (χ3v) is 4.51. The lowest BCUT2D eigenvalue weighted by Gasteiger charge is -2.27. The zero-order valence-electron chi connectivity index (χ0n) is 11.6. The molecule has 21 heavy (non-hydrogen) atoms. The molecule has 112 valence electrons. The number of H-pyrrole nitrogens is 2. The molecular weight excluding hydrogens is 336 g/mol. The third-order valence-electron chi connectivity index (χ3n) is 3.86. The van der Waals surface area contributed by atoms with Crippen LogP contribution in [0.15, 0.2) is 21.4 Å². The normalized spacial score (nSPS) is 22.4. The van der Waals surface area contributed by atoms with Crippen molar-refractivity contribution in [1.29, 1.82) is 0 Å². The van der Waals surface area contributed by atoms with Gasteiger partial charge in [0.05, 0.1) is 16.7 Å². The van der Waals surface area contributed by atoms with Crippen molar-refractivity contribution in [2.75, 3.05) is 11.9 Å². The van der Waals surface area contributed by atoms with Gasteiger partial charge >= 0.3 is 5.69 Å². The van der Waals surface area contributed by atoms with Gasteiger partial charge < -0.3 is 20.6 Å². The number of benzene rings is 1. The molecule has 0 spiro atoms. The molecule has 1 aliphatic heterocycles. The number of carbonyl (C=O) groups excluding carboxylic acids is 1. The van der Waals surface area contributed by atoms with Gasteiger partial charge in [0.25, 0.3) is 0 Å². The number of anilines is 1. The predicted molar refractivity (Wildman–Crippen MR) is 85.4 cm³/mol. The number of amides is 1. The Morgan fingerprint density at radius 1 is 1.33 bits per heavy atom. The van der Waals surface area contributed by atoms with Crippen molar-refractivity contribution in [1.82, 2.24) is 15.3 Å². The molecule has 3 rings (SSSR count). The van der Waals surface area contributed by atoms with E-state index in [9.17, 15) is 9.59 Å². The Morgan fingerprint density at radius 3 is 2.76 bits per heavy atom. The van der Waals surface area contributed by atoms with Crippen LogP contribution in [0.5, 0.6) is 0 Å². The van der Waals surface area contributed by atoms with Crippen molar-refractivity contribution in [3.05, 3.63) is 27.1 Å². The van der Waals surface area contributed by atoms with E-state index in [1.54, 1.807) is 12.1 Å². The highest BCUT2D eigenvalue weighted by Crippen LogP contribution is 2.28. The summed E-state index contributed by atoms with van der Waals surface area (Å²) in [4.78, 5) is 29.0. The maximum Gasteiger partial charge on any atom is 0.323 e. The largest absolute Gasteiger partial charge is 0.325 e. The Kier molecular flexibility index (Phi) is 3.86. The van der Waals surface area contributed by atoms with E-state index >= 15 is 0 Å². The molecule has 1 aromatic heterocycles. The minimum atomic E-state index is -0.257. The summed E-state index contributed by atoms with van der Waals surface area (Å²) in [5, 5.41) is 6.29. The molecule has 6 nitrogen and oxygen atoms in total. The first-order valence-electron chi connectivity index (χ1n) is 6.98. The molecule has 1 aliphatic rings. The summed E-state index contributed by atoms with van der Waals surface area (Å²) in [6, 6.07) is 3.91. The van der Waals surface area contributed by atoms with Crippen molar-refractivity contribution in [2.24, 2.45) is 5.92 Å². The molecule has 1 aromatic carbocycles. The van der Waals surface area contributed by atoms with Gasteiger partial charge in [-0.1, -0.05) is 0 Å². The van der Waals surface area contributed by atoms with Crippen LogP contribution in [0, 0.1) is 5.92 Å². The fourth-order valence-electron chi connectivity index (χ4n) is 2.76. The third kappa shape index (κ3) is 3.03. The summed E-state index contributed by atoms with van der Waals surface area (Å²) in [6.07, 6.45) is 1.68. The quantitative estimate of drug-likeness (QED) is 0.665. The molecule has 2 atom stereocenters. The number of aromatic amines is 2. The molecule has 1 amide bonds. The number of imidazole rings is 1. The highest BCUT2D eigenvalue weighted by Gasteiger charge is 2.25. The van der Waals surface area contributed by atoms with Gasteiger partial charge in [-0.25, -0.2) is 4.79 Å². The van der Waals surface area contributed by atoms with Gasteiger partial charge in [0, 0.05) is 16.4 Å². The molecule has 4 N–H and O–H groups in total. The minimum Gasteiger partial charge on any atom is -0.325 e. The van der Waals surface area contributed by atoms with E-state index in [4.69, 9.17) is 0 Å². The molecule has 2 unspecified atom stereocenters. The van der Waals surface area contributed by atoms with Crippen LogP contribution >= 0.6 is 15.9 Å². The first-order chi connectivity index (χ1) is 10.0. The predicted octanol–water partition coefficient (Wildman–Crippen LogP) is 1.95. The lowest BCUT2D eigenvalue weighted by molar-refractivity contribution is -0.120. The van der Waals surface area contributed by atoms with E-state index in [1.807, 2.05) is 0 Å². The molecule has 0 bridgehead atoms. The van der Waals surface area contributed by atoms with Gasteiger partial charge in [0.15, 0.2) is 0 Å². The number of rotatable bonds is 2. The van der Waals surface area contributed by atoms with E-state index in [-0.39, 0.29) is 17.5 Å². The number of piperidine rings is 1. The molecule has 2 aromatic rings. The lowest BCUT2D eigenvalue weighted by atomic mass is 9.92. The van der Waals surface area contributed by atoms with Crippen molar-refractivity contribution in [3.8, 4) is 0 Å². The zero-order chi connectivity index (χ0) is 15.0. The molecule has 0 aliphatic carbocycles. The van der Waals surface area contributed by atoms with Crippen LogP contribution in [0.2, 0.25) is 0 Å². The minimum absolute atomic E-state index is 0.0223. The SMILES string of the molecule is CC1CC(C(=O)Nc2cc3[nH]c(=O)[nH]c3cc2Br)CCN1. The number of hydrogen-bond donors (Lipinski definition) is 4. The Bertz CT molecular complexity index is 736. The van der Waals surface area contributed by atoms with Crippen LogP contribution in [0.1, 0.15) is 19.8 Å². The Labute approximate surface area is 129 Å². The molecule has 2 heterocycles. The van der Waals surface area contributed by atoms with Gasteiger partial charge in [-0.15, -0.1) is 0 Å². The summed E-state index contributed by atoms with van der Waals surface area (Å²) < 4.78 is 0.751. The van der Waals surface area contributed by atoms with Gasteiger partial charge in [0.2, 0.25) is 5.91 Å². The van der Waals surface area contributed by atoms with Crippen LogP contribution in [0.4, 0.5) is 5.69 Å². The average molecular weight is 353 g/mol.